The second kappa shape index (κ2) is 5.49. The van der Waals surface area contributed by atoms with Gasteiger partial charge in [-0.05, 0) is 34.3 Å². The van der Waals surface area contributed by atoms with Crippen molar-refractivity contribution in [3.05, 3.63) is 22.3 Å². The van der Waals surface area contributed by atoms with Gasteiger partial charge in [-0.1, -0.05) is 19.3 Å². The summed E-state index contributed by atoms with van der Waals surface area (Å²) in [4.78, 5) is 15.1. The SMILES string of the molecule is O=C(O)c1cc(Br)cnc1NCCC1CCC1. The van der Waals surface area contributed by atoms with E-state index < -0.39 is 5.97 Å². The highest BCUT2D eigenvalue weighted by Gasteiger charge is 2.17. The standard InChI is InChI=1S/C12H15BrN2O2/c13-9-6-10(12(16)17)11(15-7-9)14-5-4-8-2-1-3-8/h6-8H,1-5H2,(H,14,15)(H,16,17). The molecule has 0 spiro atoms. The molecule has 0 saturated heterocycles. The summed E-state index contributed by atoms with van der Waals surface area (Å²) in [5.41, 5.74) is 0.216. The number of nitrogens with zero attached hydrogens (tertiary/aromatic N) is 1. The van der Waals surface area contributed by atoms with Gasteiger partial charge in [0.1, 0.15) is 11.4 Å². The summed E-state index contributed by atoms with van der Waals surface area (Å²) in [6.45, 7) is 0.791. The summed E-state index contributed by atoms with van der Waals surface area (Å²) < 4.78 is 0.680. The van der Waals surface area contributed by atoms with Crippen molar-refractivity contribution < 1.29 is 9.90 Å². The summed E-state index contributed by atoms with van der Waals surface area (Å²) in [6, 6.07) is 1.57. The molecule has 1 fully saturated rings. The number of rotatable bonds is 5. The van der Waals surface area contributed by atoms with Crippen LogP contribution in [0.1, 0.15) is 36.0 Å². The number of halogens is 1. The van der Waals surface area contributed by atoms with Gasteiger partial charge < -0.3 is 10.4 Å². The largest absolute Gasteiger partial charge is 0.478 e. The first-order chi connectivity index (χ1) is 8.16. The molecule has 1 aliphatic rings. The van der Waals surface area contributed by atoms with E-state index in [0.29, 0.717) is 10.3 Å². The van der Waals surface area contributed by atoms with Crippen molar-refractivity contribution >= 4 is 27.7 Å². The van der Waals surface area contributed by atoms with Crippen molar-refractivity contribution in [2.24, 2.45) is 5.92 Å². The summed E-state index contributed by atoms with van der Waals surface area (Å²) in [5.74, 6) is 0.316. The van der Waals surface area contributed by atoms with E-state index >= 15 is 0 Å². The molecule has 0 bridgehead atoms. The Morgan fingerprint density at radius 2 is 2.35 bits per heavy atom. The Balaban J connectivity index is 1.96. The van der Waals surface area contributed by atoms with E-state index in [0.717, 1.165) is 18.9 Å². The number of aromatic nitrogens is 1. The van der Waals surface area contributed by atoms with Gasteiger partial charge in [0.25, 0.3) is 0 Å². The Morgan fingerprint density at radius 1 is 1.59 bits per heavy atom. The predicted octanol–water partition coefficient (Wildman–Crippen LogP) is 3.14. The van der Waals surface area contributed by atoms with Crippen LogP contribution in [-0.2, 0) is 0 Å². The molecular weight excluding hydrogens is 284 g/mol. The third-order valence-electron chi connectivity index (χ3n) is 3.15. The Morgan fingerprint density at radius 3 is 2.94 bits per heavy atom. The third kappa shape index (κ3) is 3.19. The molecule has 2 rings (SSSR count). The lowest BCUT2D eigenvalue weighted by Crippen LogP contribution is -2.17. The number of aromatic carboxylic acids is 1. The zero-order valence-electron chi connectivity index (χ0n) is 9.45. The van der Waals surface area contributed by atoms with Crippen molar-refractivity contribution in [3.63, 3.8) is 0 Å². The Bertz CT molecular complexity index is 419. The minimum atomic E-state index is -0.954. The molecule has 0 aliphatic heterocycles. The zero-order valence-corrected chi connectivity index (χ0v) is 11.0. The van der Waals surface area contributed by atoms with Gasteiger partial charge in [-0.15, -0.1) is 0 Å². The van der Waals surface area contributed by atoms with E-state index in [9.17, 15) is 4.79 Å². The third-order valence-corrected chi connectivity index (χ3v) is 3.59. The lowest BCUT2D eigenvalue weighted by molar-refractivity contribution is 0.0697. The minimum absolute atomic E-state index is 0.216. The maximum atomic E-state index is 11.0. The average molecular weight is 299 g/mol. The molecule has 1 heterocycles. The van der Waals surface area contributed by atoms with Crippen LogP contribution in [-0.4, -0.2) is 22.6 Å². The van der Waals surface area contributed by atoms with Crippen molar-refractivity contribution in [2.45, 2.75) is 25.7 Å². The van der Waals surface area contributed by atoms with Crippen molar-refractivity contribution in [1.29, 1.82) is 0 Å². The van der Waals surface area contributed by atoms with Gasteiger partial charge in [-0.3, -0.25) is 0 Å². The number of carbonyl (C=O) groups is 1. The summed E-state index contributed by atoms with van der Waals surface area (Å²) >= 11 is 3.22. The first kappa shape index (κ1) is 12.4. The van der Waals surface area contributed by atoms with Gasteiger partial charge in [0.2, 0.25) is 0 Å². The van der Waals surface area contributed by atoms with Crippen LogP contribution in [0, 0.1) is 5.92 Å². The quantitative estimate of drug-likeness (QED) is 0.876. The predicted molar refractivity (Wildman–Crippen MR) is 69.3 cm³/mol. The van der Waals surface area contributed by atoms with E-state index in [1.807, 2.05) is 0 Å². The minimum Gasteiger partial charge on any atom is -0.478 e. The van der Waals surface area contributed by atoms with Crippen molar-refractivity contribution in [2.75, 3.05) is 11.9 Å². The van der Waals surface area contributed by atoms with Crippen LogP contribution in [0.25, 0.3) is 0 Å². The number of anilines is 1. The van der Waals surface area contributed by atoms with Crippen LogP contribution in [0.4, 0.5) is 5.82 Å². The molecule has 17 heavy (non-hydrogen) atoms. The Labute approximate surface area is 109 Å². The molecule has 92 valence electrons. The van der Waals surface area contributed by atoms with E-state index in [-0.39, 0.29) is 5.56 Å². The van der Waals surface area contributed by atoms with Crippen LogP contribution in [0.2, 0.25) is 0 Å². The van der Waals surface area contributed by atoms with Crippen LogP contribution in [0.15, 0.2) is 16.7 Å². The van der Waals surface area contributed by atoms with Crippen LogP contribution >= 0.6 is 15.9 Å². The van der Waals surface area contributed by atoms with Crippen LogP contribution in [0.3, 0.4) is 0 Å². The van der Waals surface area contributed by atoms with Gasteiger partial charge >= 0.3 is 5.97 Å². The number of hydrogen-bond acceptors (Lipinski definition) is 3. The van der Waals surface area contributed by atoms with Crippen LogP contribution < -0.4 is 5.32 Å². The van der Waals surface area contributed by atoms with Gasteiger partial charge in [-0.25, -0.2) is 9.78 Å². The maximum Gasteiger partial charge on any atom is 0.339 e. The van der Waals surface area contributed by atoms with Gasteiger partial charge in [0.05, 0.1) is 0 Å². The number of hydrogen-bond donors (Lipinski definition) is 2. The summed E-state index contributed by atoms with van der Waals surface area (Å²) in [6.07, 6.45) is 6.65. The van der Waals surface area contributed by atoms with Gasteiger partial charge in [0.15, 0.2) is 0 Å². The summed E-state index contributed by atoms with van der Waals surface area (Å²) in [7, 11) is 0. The molecule has 0 unspecified atom stereocenters. The van der Waals surface area contributed by atoms with Gasteiger partial charge in [-0.2, -0.15) is 0 Å². The topological polar surface area (TPSA) is 62.2 Å². The number of carboxylic acid groups (broad SMARTS) is 1. The second-order valence-corrected chi connectivity index (χ2v) is 5.28. The van der Waals surface area contributed by atoms with E-state index in [1.165, 1.54) is 19.3 Å². The van der Waals surface area contributed by atoms with Gasteiger partial charge in [0, 0.05) is 17.2 Å². The van der Waals surface area contributed by atoms with E-state index in [4.69, 9.17) is 5.11 Å². The molecule has 0 aromatic carbocycles. The number of carboxylic acids is 1. The van der Waals surface area contributed by atoms with Crippen LogP contribution in [0.5, 0.6) is 0 Å². The molecule has 1 aliphatic carbocycles. The molecule has 1 saturated carbocycles. The first-order valence-corrected chi connectivity index (χ1v) is 6.59. The lowest BCUT2D eigenvalue weighted by Gasteiger charge is -2.25. The number of pyridine rings is 1. The molecule has 5 heteroatoms. The number of nitrogens with one attached hydrogen (secondary N) is 1. The second-order valence-electron chi connectivity index (χ2n) is 4.37. The molecule has 0 amide bonds. The van der Waals surface area contributed by atoms with Crippen molar-refractivity contribution in [1.82, 2.24) is 4.98 Å². The average Bonchev–Trinajstić information content (AvgIpc) is 2.23. The molecular formula is C12H15BrN2O2. The fourth-order valence-electron chi connectivity index (χ4n) is 1.92. The highest BCUT2D eigenvalue weighted by Crippen LogP contribution is 2.29. The fourth-order valence-corrected chi connectivity index (χ4v) is 2.25. The lowest BCUT2D eigenvalue weighted by atomic mass is 9.83. The summed E-state index contributed by atoms with van der Waals surface area (Å²) in [5, 5.41) is 12.2. The Hall–Kier alpha value is -1.10. The molecule has 4 nitrogen and oxygen atoms in total. The normalized spacial score (nSPS) is 15.4. The van der Waals surface area contributed by atoms with Crippen molar-refractivity contribution in [3.8, 4) is 0 Å². The molecule has 0 atom stereocenters. The highest BCUT2D eigenvalue weighted by atomic mass is 79.9. The maximum absolute atomic E-state index is 11.0. The first-order valence-electron chi connectivity index (χ1n) is 5.79. The zero-order chi connectivity index (χ0) is 12.3. The molecule has 0 radical (unpaired) electrons. The monoisotopic (exact) mass is 298 g/mol. The van der Waals surface area contributed by atoms with E-state index in [1.54, 1.807) is 12.3 Å². The fraction of sp³-hybridized carbons (Fsp3) is 0.500. The highest BCUT2D eigenvalue weighted by molar-refractivity contribution is 9.10. The smallest absolute Gasteiger partial charge is 0.339 e. The molecule has 2 N–H and O–H groups in total. The molecule has 1 aromatic rings. The Kier molecular flexibility index (Phi) is 3.99. The van der Waals surface area contributed by atoms with E-state index in [2.05, 4.69) is 26.2 Å². The molecule has 1 aromatic heterocycles.